The lowest BCUT2D eigenvalue weighted by Gasteiger charge is -2.48. The Kier molecular flexibility index (Phi) is 6.91. The van der Waals surface area contributed by atoms with Crippen LogP contribution in [0.1, 0.15) is 52.0 Å². The lowest BCUT2D eigenvalue weighted by atomic mass is 9.68. The summed E-state index contributed by atoms with van der Waals surface area (Å²) in [5, 5.41) is 22.2. The lowest BCUT2D eigenvalue weighted by Crippen LogP contribution is -2.52. The monoisotopic (exact) mass is 549 g/mol. The number of methoxy groups -OCH3 is 1. The fourth-order valence-electron chi connectivity index (χ4n) is 5.90. The molecule has 210 valence electrons. The van der Waals surface area contributed by atoms with Crippen LogP contribution in [0.5, 0.6) is 17.2 Å². The molecule has 2 heterocycles. The summed E-state index contributed by atoms with van der Waals surface area (Å²) in [5.74, 6) is -1.43. The molecule has 40 heavy (non-hydrogen) atoms. The molecule has 1 aliphatic carbocycles. The van der Waals surface area contributed by atoms with Gasteiger partial charge in [0.25, 0.3) is 0 Å². The van der Waals surface area contributed by atoms with Gasteiger partial charge in [-0.2, -0.15) is 0 Å². The molecule has 10 nitrogen and oxygen atoms in total. The van der Waals surface area contributed by atoms with E-state index in [9.17, 15) is 24.6 Å². The first kappa shape index (κ1) is 27.4. The van der Waals surface area contributed by atoms with Gasteiger partial charge in [-0.25, -0.2) is 9.78 Å². The number of carbonyl (C=O) groups excluding carboxylic acids is 2. The Morgan fingerprint density at radius 1 is 1.27 bits per heavy atom. The number of hydrogen-bond acceptors (Lipinski definition) is 9. The van der Waals surface area contributed by atoms with Gasteiger partial charge in [0.2, 0.25) is 5.75 Å². The van der Waals surface area contributed by atoms with Gasteiger partial charge in [-0.3, -0.25) is 4.79 Å². The summed E-state index contributed by atoms with van der Waals surface area (Å²) in [7, 11) is 1.45. The second kappa shape index (κ2) is 10.1. The summed E-state index contributed by atoms with van der Waals surface area (Å²) >= 11 is 0. The van der Waals surface area contributed by atoms with Gasteiger partial charge in [-0.15, -0.1) is 0 Å². The van der Waals surface area contributed by atoms with Crippen molar-refractivity contribution in [3.63, 3.8) is 0 Å². The van der Waals surface area contributed by atoms with Crippen LogP contribution in [0.15, 0.2) is 41.7 Å². The number of phenolic OH excluding ortho intramolecular Hbond substituents is 1. The number of para-hydroxylation sites is 1. The van der Waals surface area contributed by atoms with Gasteiger partial charge in [0.15, 0.2) is 23.7 Å². The smallest absolute Gasteiger partial charge is 0.333 e. The molecule has 1 aliphatic heterocycles. The van der Waals surface area contributed by atoms with E-state index in [4.69, 9.17) is 23.9 Å². The number of aromatic nitrogens is 1. The molecule has 0 saturated heterocycles. The van der Waals surface area contributed by atoms with Crippen molar-refractivity contribution < 1.29 is 43.5 Å². The Bertz CT molecular complexity index is 1570. The Hall–Kier alpha value is -4.18. The number of aldehydes is 1. The standard InChI is InChI=1S/C30H31NO9/c1-14-21-20(13-30(3,4)28(26(21)38-15(2)33)40-19(10-11-32)29(35)36)39-25-22(14)23-17(24(34)27(25)37-5)12-16-8-6-7-9-18(16)31-23/h6-9,11-12,14,19,26,28,34H,10,13H2,1-5H3,(H,35,36)/t14?,19?,26-,28-/m0/s1. The Balaban J connectivity index is 1.73. The molecule has 5 rings (SSSR count). The number of carboxylic acid groups (broad SMARTS) is 1. The molecule has 0 radical (unpaired) electrons. The third-order valence-electron chi connectivity index (χ3n) is 7.71. The summed E-state index contributed by atoms with van der Waals surface area (Å²) in [5.41, 5.74) is 1.68. The number of benzene rings is 2. The quantitative estimate of drug-likeness (QED) is 0.243. The van der Waals surface area contributed by atoms with Gasteiger partial charge < -0.3 is 34.0 Å². The Labute approximate surface area is 230 Å². The molecule has 2 aromatic carbocycles. The first-order valence-electron chi connectivity index (χ1n) is 13.0. The minimum absolute atomic E-state index is 0.100. The SMILES string of the molecule is COc1c2c(c3nc4ccccc4cc3c1O)C(C)C1=C(CC(C)(C)[C@@H](OC(CC=O)C(=O)O)[C@H]1OC(C)=O)O2. The lowest BCUT2D eigenvalue weighted by molar-refractivity contribution is -0.181. The van der Waals surface area contributed by atoms with Crippen LogP contribution in [-0.4, -0.2) is 58.8 Å². The largest absolute Gasteiger partial charge is 0.504 e. The van der Waals surface area contributed by atoms with Crippen LogP contribution < -0.4 is 9.47 Å². The predicted molar refractivity (Wildman–Crippen MR) is 144 cm³/mol. The number of rotatable bonds is 7. The summed E-state index contributed by atoms with van der Waals surface area (Å²) in [6, 6.07) is 9.36. The number of aliphatic carboxylic acids is 1. The van der Waals surface area contributed by atoms with E-state index < -0.39 is 41.6 Å². The minimum Gasteiger partial charge on any atom is -0.504 e. The zero-order valence-electron chi connectivity index (χ0n) is 22.9. The maximum atomic E-state index is 12.4. The van der Waals surface area contributed by atoms with E-state index in [1.165, 1.54) is 14.0 Å². The summed E-state index contributed by atoms with van der Waals surface area (Å²) in [6.45, 7) is 6.88. The minimum atomic E-state index is -1.42. The van der Waals surface area contributed by atoms with Gasteiger partial charge >= 0.3 is 11.9 Å². The molecule has 2 N–H and O–H groups in total. The number of nitrogens with zero attached hydrogens (tertiary/aromatic N) is 1. The maximum absolute atomic E-state index is 12.4. The zero-order chi connectivity index (χ0) is 28.9. The van der Waals surface area contributed by atoms with E-state index in [0.29, 0.717) is 46.3 Å². The highest BCUT2D eigenvalue weighted by atomic mass is 16.6. The zero-order valence-corrected chi connectivity index (χ0v) is 22.9. The first-order valence-corrected chi connectivity index (χ1v) is 13.0. The summed E-state index contributed by atoms with van der Waals surface area (Å²) in [6.07, 6.45) is -2.89. The van der Waals surface area contributed by atoms with Gasteiger partial charge in [0.1, 0.15) is 18.1 Å². The van der Waals surface area contributed by atoms with Crippen molar-refractivity contribution in [2.24, 2.45) is 5.41 Å². The number of aromatic hydroxyl groups is 1. The molecule has 0 spiro atoms. The van der Waals surface area contributed by atoms with Crippen molar-refractivity contribution in [2.75, 3.05) is 7.11 Å². The molecular weight excluding hydrogens is 518 g/mol. The third-order valence-corrected chi connectivity index (χ3v) is 7.71. The van der Waals surface area contributed by atoms with Crippen molar-refractivity contribution >= 4 is 40.0 Å². The fourth-order valence-corrected chi connectivity index (χ4v) is 5.90. The predicted octanol–water partition coefficient (Wildman–Crippen LogP) is 4.64. The molecule has 0 fully saturated rings. The maximum Gasteiger partial charge on any atom is 0.333 e. The van der Waals surface area contributed by atoms with E-state index in [2.05, 4.69) is 0 Å². The molecule has 1 aromatic heterocycles. The Morgan fingerprint density at radius 3 is 2.65 bits per heavy atom. The van der Waals surface area contributed by atoms with E-state index >= 15 is 0 Å². The summed E-state index contributed by atoms with van der Waals surface area (Å²) < 4.78 is 24.0. The van der Waals surface area contributed by atoms with Crippen LogP contribution in [0.3, 0.4) is 0 Å². The summed E-state index contributed by atoms with van der Waals surface area (Å²) in [4.78, 5) is 40.3. The average Bonchev–Trinajstić information content (AvgIpc) is 2.88. The van der Waals surface area contributed by atoms with Gasteiger partial charge in [-0.05, 0) is 12.1 Å². The number of carbonyl (C=O) groups is 3. The molecule has 4 atom stereocenters. The van der Waals surface area contributed by atoms with Crippen molar-refractivity contribution in [2.45, 2.75) is 64.8 Å². The number of allylic oxidation sites excluding steroid dienone is 1. The van der Waals surface area contributed by atoms with E-state index in [1.807, 2.05) is 51.1 Å². The van der Waals surface area contributed by atoms with Crippen LogP contribution >= 0.6 is 0 Å². The van der Waals surface area contributed by atoms with Crippen LogP contribution in [0.2, 0.25) is 0 Å². The number of carboxylic acids is 1. The molecule has 10 heteroatoms. The van der Waals surface area contributed by atoms with Crippen molar-refractivity contribution in [1.82, 2.24) is 4.98 Å². The number of esters is 1. The molecule has 0 saturated carbocycles. The second-order valence-corrected chi connectivity index (χ2v) is 10.9. The number of ether oxygens (including phenoxy) is 4. The van der Waals surface area contributed by atoms with Gasteiger partial charge in [-0.1, -0.05) is 39.0 Å². The molecule has 2 aliphatic rings. The average molecular weight is 550 g/mol. The van der Waals surface area contributed by atoms with Gasteiger partial charge in [0, 0.05) is 53.0 Å². The number of hydrogen-bond donors (Lipinski definition) is 2. The van der Waals surface area contributed by atoms with Crippen LogP contribution in [0, 0.1) is 5.41 Å². The van der Waals surface area contributed by atoms with Gasteiger partial charge in [0.05, 0.1) is 18.1 Å². The van der Waals surface area contributed by atoms with Crippen molar-refractivity contribution in [1.29, 1.82) is 0 Å². The second-order valence-electron chi connectivity index (χ2n) is 10.9. The number of phenols is 1. The molecular formula is C30H31NO9. The normalized spacial score (nSPS) is 22.2. The Morgan fingerprint density at radius 2 is 2.00 bits per heavy atom. The highest BCUT2D eigenvalue weighted by molar-refractivity contribution is 6.01. The molecule has 0 bridgehead atoms. The number of fused-ring (bicyclic) bond motifs is 4. The first-order chi connectivity index (χ1) is 19.0. The van der Waals surface area contributed by atoms with E-state index in [0.717, 1.165) is 10.9 Å². The van der Waals surface area contributed by atoms with Crippen LogP contribution in [-0.2, 0) is 23.9 Å². The van der Waals surface area contributed by atoms with Crippen molar-refractivity contribution in [3.05, 3.63) is 47.2 Å². The van der Waals surface area contributed by atoms with Crippen molar-refractivity contribution in [3.8, 4) is 17.2 Å². The molecule has 0 amide bonds. The number of pyridine rings is 1. The highest BCUT2D eigenvalue weighted by Gasteiger charge is 2.52. The topological polar surface area (TPSA) is 141 Å². The third kappa shape index (κ3) is 4.42. The highest BCUT2D eigenvalue weighted by Crippen LogP contribution is 2.57. The van der Waals surface area contributed by atoms with Crippen LogP contribution in [0.4, 0.5) is 0 Å². The van der Waals surface area contributed by atoms with E-state index in [-0.39, 0.29) is 17.9 Å². The molecule has 2 unspecified atom stereocenters. The van der Waals surface area contributed by atoms with E-state index in [1.54, 1.807) is 0 Å². The van der Waals surface area contributed by atoms with Crippen LogP contribution in [0.25, 0.3) is 21.8 Å². The molecule has 3 aromatic rings. The fraction of sp³-hybridized carbons (Fsp3) is 0.400.